The Bertz CT molecular complexity index is 3740. The number of aromatic nitrogens is 2. The van der Waals surface area contributed by atoms with Gasteiger partial charge in [0.2, 0.25) is 0 Å². The van der Waals surface area contributed by atoms with E-state index in [1.165, 1.54) is 64.9 Å². The van der Waals surface area contributed by atoms with Crippen LogP contribution in [0.2, 0.25) is 10.0 Å². The maximum Gasteiger partial charge on any atom is 0.314 e. The summed E-state index contributed by atoms with van der Waals surface area (Å²) in [5, 5.41) is 2.30. The van der Waals surface area contributed by atoms with Gasteiger partial charge in [-0.3, -0.25) is 47.5 Å². The van der Waals surface area contributed by atoms with Crippen LogP contribution in [-0.4, -0.2) is 84.5 Å². The van der Waals surface area contributed by atoms with Crippen molar-refractivity contribution in [1.82, 2.24) is 9.13 Å². The summed E-state index contributed by atoms with van der Waals surface area (Å²) in [6.45, 7) is 6.69. The van der Waals surface area contributed by atoms with Crippen molar-refractivity contribution in [2.24, 2.45) is 11.8 Å². The molecule has 2 heterocycles. The normalized spacial score (nSPS) is 12.1. The number of halogens is 2. The summed E-state index contributed by atoms with van der Waals surface area (Å²) in [7, 11) is 5.82. The first-order valence-corrected chi connectivity index (χ1v) is 27.7. The van der Waals surface area contributed by atoms with E-state index in [0.29, 0.717) is 88.1 Å². The van der Waals surface area contributed by atoms with Gasteiger partial charge in [-0.15, -0.1) is 0 Å². The SMILES string of the molecule is COc1ccc2c(c1)c(CC(=O)C[C@@H](C)C(=O)Oc1ccc(/C=C/C(=O)CC(=O)/C=C/c3ccc(OC(=O)[C@H](C)CC(=O)Cc4c(C)n(C(=O)c5ccc(Cl)cc5)c5ccc(OC)cc45)c(OC)c3)cc1OC)c(C)n2C(=O)c1ccc(Cl)cc1. The first-order valence-electron chi connectivity index (χ1n) is 26.9. The van der Waals surface area contributed by atoms with Gasteiger partial charge >= 0.3 is 11.9 Å². The number of allylic oxidation sites excluding steroid dienone is 2. The molecule has 0 radical (unpaired) electrons. The summed E-state index contributed by atoms with van der Waals surface area (Å²) >= 11 is 12.1. The van der Waals surface area contributed by atoms with E-state index < -0.39 is 41.8 Å². The molecule has 0 N–H and O–H groups in total. The molecule has 0 spiro atoms. The van der Waals surface area contributed by atoms with E-state index in [-0.39, 0.29) is 72.1 Å². The number of ketones is 4. The molecule has 0 amide bonds. The number of esters is 2. The molecule has 0 aliphatic carbocycles. The van der Waals surface area contributed by atoms with E-state index in [4.69, 9.17) is 51.6 Å². The summed E-state index contributed by atoms with van der Waals surface area (Å²) in [6.07, 6.45) is 4.57. The van der Waals surface area contributed by atoms with Crippen LogP contribution in [0.3, 0.4) is 0 Å². The van der Waals surface area contributed by atoms with Gasteiger partial charge in [-0.25, -0.2) is 0 Å². The fraction of sp³-hybridized carbons (Fsp3) is 0.224. The van der Waals surface area contributed by atoms with Gasteiger partial charge in [0, 0.05) is 69.0 Å². The van der Waals surface area contributed by atoms with E-state index in [1.807, 2.05) is 0 Å². The smallest absolute Gasteiger partial charge is 0.314 e. The lowest BCUT2D eigenvalue weighted by Crippen LogP contribution is -2.22. The number of hydrogen-bond acceptors (Lipinski definition) is 14. The quantitative estimate of drug-likeness (QED) is 0.0239. The van der Waals surface area contributed by atoms with Gasteiger partial charge in [-0.05, 0) is 157 Å². The molecular weight excluding hydrogens is 1130 g/mol. The Morgan fingerprint density at radius 2 is 0.847 bits per heavy atom. The summed E-state index contributed by atoms with van der Waals surface area (Å²) in [5.41, 5.74) is 5.41. The maximum atomic E-state index is 13.8. The summed E-state index contributed by atoms with van der Waals surface area (Å²) in [4.78, 5) is 107. The molecule has 0 fully saturated rings. The molecule has 16 nitrogen and oxygen atoms in total. The predicted molar refractivity (Wildman–Crippen MR) is 324 cm³/mol. The first-order chi connectivity index (χ1) is 40.7. The lowest BCUT2D eigenvalue weighted by atomic mass is 9.98. The molecule has 18 heteroatoms. The van der Waals surface area contributed by atoms with Crippen LogP contribution in [0, 0.1) is 25.7 Å². The zero-order valence-corrected chi connectivity index (χ0v) is 49.4. The highest BCUT2D eigenvalue weighted by Crippen LogP contribution is 2.35. The third kappa shape index (κ3) is 14.5. The minimum absolute atomic E-state index is 0.0638. The van der Waals surface area contributed by atoms with E-state index in [1.54, 1.807) is 146 Å². The summed E-state index contributed by atoms with van der Waals surface area (Å²) in [6, 6.07) is 32.9. The number of fused-ring (bicyclic) bond motifs is 2. The van der Waals surface area contributed by atoms with Crippen molar-refractivity contribution in [3.63, 3.8) is 0 Å². The first kappa shape index (κ1) is 61.7. The van der Waals surface area contributed by atoms with Crippen molar-refractivity contribution in [3.8, 4) is 34.5 Å². The minimum Gasteiger partial charge on any atom is -0.497 e. The Morgan fingerprint density at radius 3 is 1.20 bits per heavy atom. The molecule has 6 aromatic carbocycles. The number of benzene rings is 6. The Balaban J connectivity index is 0.825. The van der Waals surface area contributed by atoms with E-state index in [0.717, 1.165) is 0 Å². The van der Waals surface area contributed by atoms with E-state index in [2.05, 4.69) is 0 Å². The third-order valence-electron chi connectivity index (χ3n) is 14.4. The number of carbonyl (C=O) groups is 8. The standard InChI is InChI=1S/C67H60Cl2N2O14/c1-38(29-50(74)34-54-40(3)70(58-25-23-52(80-5)36-56(54)58)64(76)44-13-17-46(68)18-14-44)66(78)84-60-27-11-42(31-62(60)82-7)9-21-48(72)33-49(73)22-10-43-12-28-61(63(32-43)83-8)85-67(79)39(2)30-51(75)35-55-41(4)71(59-26-24-53(81-6)37-57(55)59)65(77)45-15-19-47(69)20-16-45/h9-28,31-32,36-39H,29-30,33-35H2,1-8H3/b21-9+,22-10+/t38-,39-/m1/s1. The molecule has 0 aliphatic rings. The molecule has 0 saturated heterocycles. The zero-order chi connectivity index (χ0) is 61.2. The van der Waals surface area contributed by atoms with Crippen molar-refractivity contribution >= 4 is 104 Å². The maximum absolute atomic E-state index is 13.8. The molecule has 8 rings (SSSR count). The topological polar surface area (TPSA) is 202 Å². The molecule has 2 atom stereocenters. The van der Waals surface area contributed by atoms with Gasteiger partial charge in [0.25, 0.3) is 11.8 Å². The van der Waals surface area contributed by atoms with Crippen molar-refractivity contribution in [2.75, 3.05) is 28.4 Å². The zero-order valence-electron chi connectivity index (χ0n) is 47.9. The molecule has 0 saturated carbocycles. The molecule has 2 aromatic heterocycles. The van der Waals surface area contributed by atoms with Crippen LogP contribution in [0.4, 0.5) is 0 Å². The van der Waals surface area contributed by atoms with Crippen molar-refractivity contribution < 1.29 is 66.8 Å². The van der Waals surface area contributed by atoms with Crippen LogP contribution in [0.5, 0.6) is 34.5 Å². The fourth-order valence-corrected chi connectivity index (χ4v) is 10.1. The second-order valence-electron chi connectivity index (χ2n) is 20.3. The second kappa shape index (κ2) is 27.3. The van der Waals surface area contributed by atoms with E-state index >= 15 is 0 Å². The van der Waals surface area contributed by atoms with Gasteiger partial charge in [-0.1, -0.05) is 61.3 Å². The van der Waals surface area contributed by atoms with Gasteiger partial charge in [0.05, 0.1) is 57.7 Å². The summed E-state index contributed by atoms with van der Waals surface area (Å²) < 4.78 is 36.4. The van der Waals surface area contributed by atoms with Gasteiger partial charge in [0.1, 0.15) is 23.1 Å². The van der Waals surface area contributed by atoms with Crippen LogP contribution in [0.25, 0.3) is 34.0 Å². The molecule has 436 valence electrons. The number of ether oxygens (including phenoxy) is 6. The third-order valence-corrected chi connectivity index (χ3v) is 14.9. The number of hydrogen-bond donors (Lipinski definition) is 0. The molecule has 0 unspecified atom stereocenters. The highest BCUT2D eigenvalue weighted by Gasteiger charge is 2.28. The lowest BCUT2D eigenvalue weighted by molar-refractivity contribution is -0.140. The molecule has 0 aliphatic heterocycles. The van der Waals surface area contributed by atoms with Crippen LogP contribution < -0.4 is 28.4 Å². The molecule has 8 aromatic rings. The van der Waals surface area contributed by atoms with Crippen LogP contribution in [0.1, 0.15) is 87.5 Å². The predicted octanol–water partition coefficient (Wildman–Crippen LogP) is 12.7. The molecular formula is C67H60Cl2N2O14. The van der Waals surface area contributed by atoms with Crippen LogP contribution in [-0.2, 0) is 41.6 Å². The minimum atomic E-state index is -0.857. The van der Waals surface area contributed by atoms with Crippen LogP contribution in [0.15, 0.2) is 133 Å². The van der Waals surface area contributed by atoms with Gasteiger partial charge in [0.15, 0.2) is 34.6 Å². The molecule has 0 bridgehead atoms. The lowest BCUT2D eigenvalue weighted by Gasteiger charge is -2.14. The van der Waals surface area contributed by atoms with Crippen molar-refractivity contribution in [3.05, 3.63) is 188 Å². The number of Topliss-reactive ketones (excluding diaryl/α,β-unsaturated/α-hetero) is 2. The average Bonchev–Trinajstić information content (AvgIpc) is 1.96. The van der Waals surface area contributed by atoms with Gasteiger partial charge < -0.3 is 28.4 Å². The Hall–Kier alpha value is -9.38. The number of carbonyl (C=O) groups excluding carboxylic acids is 8. The monoisotopic (exact) mass is 1190 g/mol. The average molecular weight is 1190 g/mol. The summed E-state index contributed by atoms with van der Waals surface area (Å²) in [5.74, 6) is -3.53. The highest BCUT2D eigenvalue weighted by atomic mass is 35.5. The van der Waals surface area contributed by atoms with Gasteiger partial charge in [-0.2, -0.15) is 0 Å². The fourth-order valence-electron chi connectivity index (χ4n) is 9.81. The number of methoxy groups -OCH3 is 4. The molecule has 85 heavy (non-hydrogen) atoms. The van der Waals surface area contributed by atoms with Crippen molar-refractivity contribution in [2.45, 2.75) is 59.8 Å². The Labute approximate surface area is 500 Å². The van der Waals surface area contributed by atoms with Crippen molar-refractivity contribution in [1.29, 1.82) is 0 Å². The largest absolute Gasteiger partial charge is 0.497 e. The Kier molecular flexibility index (Phi) is 19.8. The number of nitrogens with zero attached hydrogens (tertiary/aromatic N) is 2. The Morgan fingerprint density at radius 1 is 0.471 bits per heavy atom. The van der Waals surface area contributed by atoms with E-state index in [9.17, 15) is 38.4 Å². The second-order valence-corrected chi connectivity index (χ2v) is 21.1. The van der Waals surface area contributed by atoms with Crippen LogP contribution >= 0.6 is 23.2 Å². The number of rotatable bonds is 24. The highest BCUT2D eigenvalue weighted by molar-refractivity contribution is 6.31.